The molecule has 2 atom stereocenters. The SMILES string of the molecule is O=c1c(-c2cc3ccccc3s2)ccc2n1C[C@@H]1C[C@@H]2CN(S(=O)(=O)c2ccccc2)C1. The summed E-state index contributed by atoms with van der Waals surface area (Å²) in [5.41, 5.74) is 1.70. The van der Waals surface area contributed by atoms with E-state index in [1.54, 1.807) is 39.9 Å². The van der Waals surface area contributed by atoms with Crippen molar-refractivity contribution in [3.8, 4) is 10.4 Å². The number of aromatic nitrogens is 1. The molecule has 0 amide bonds. The van der Waals surface area contributed by atoms with Gasteiger partial charge >= 0.3 is 0 Å². The van der Waals surface area contributed by atoms with Gasteiger partial charge in [0.15, 0.2) is 0 Å². The average molecular weight is 463 g/mol. The molecule has 32 heavy (non-hydrogen) atoms. The predicted molar refractivity (Wildman–Crippen MR) is 128 cm³/mol. The molecule has 4 aromatic rings. The Morgan fingerprint density at radius 3 is 2.47 bits per heavy atom. The van der Waals surface area contributed by atoms with Gasteiger partial charge in [-0.05, 0) is 54.1 Å². The zero-order valence-corrected chi connectivity index (χ0v) is 19.0. The largest absolute Gasteiger partial charge is 0.311 e. The fraction of sp³-hybridized carbons (Fsp3) is 0.240. The third kappa shape index (κ3) is 3.15. The van der Waals surface area contributed by atoms with Crippen molar-refractivity contribution in [2.45, 2.75) is 23.8 Å². The highest BCUT2D eigenvalue weighted by atomic mass is 32.2. The summed E-state index contributed by atoms with van der Waals surface area (Å²) < 4.78 is 31.0. The van der Waals surface area contributed by atoms with Crippen LogP contribution in [0.2, 0.25) is 0 Å². The molecule has 7 heteroatoms. The first kappa shape index (κ1) is 19.9. The second-order valence-corrected chi connectivity index (χ2v) is 11.7. The van der Waals surface area contributed by atoms with Gasteiger partial charge in [0.1, 0.15) is 0 Å². The van der Waals surface area contributed by atoms with Gasteiger partial charge in [0, 0.05) is 40.8 Å². The lowest BCUT2D eigenvalue weighted by Gasteiger charge is -2.42. The van der Waals surface area contributed by atoms with Crippen molar-refractivity contribution < 1.29 is 8.42 Å². The molecule has 1 saturated heterocycles. The van der Waals surface area contributed by atoms with Gasteiger partial charge in [0.25, 0.3) is 5.56 Å². The van der Waals surface area contributed by atoms with Gasteiger partial charge in [-0.3, -0.25) is 4.79 Å². The summed E-state index contributed by atoms with van der Waals surface area (Å²) in [5.74, 6) is 0.167. The Bertz CT molecular complexity index is 1460. The van der Waals surface area contributed by atoms with E-state index in [0.29, 0.717) is 24.5 Å². The van der Waals surface area contributed by atoms with Gasteiger partial charge in [-0.15, -0.1) is 11.3 Å². The predicted octanol–water partition coefficient (Wildman–Crippen LogP) is 4.54. The second kappa shape index (κ2) is 7.40. The summed E-state index contributed by atoms with van der Waals surface area (Å²) in [5, 5.41) is 1.15. The molecular weight excluding hydrogens is 440 g/mol. The molecule has 2 aliphatic heterocycles. The molecule has 162 valence electrons. The quantitative estimate of drug-likeness (QED) is 0.449. The highest BCUT2D eigenvalue weighted by Crippen LogP contribution is 2.38. The first-order valence-corrected chi connectivity index (χ1v) is 13.0. The molecule has 6 rings (SSSR count). The summed E-state index contributed by atoms with van der Waals surface area (Å²) in [4.78, 5) is 14.8. The Hall–Kier alpha value is -2.74. The van der Waals surface area contributed by atoms with Gasteiger partial charge in [0.2, 0.25) is 10.0 Å². The third-order valence-electron chi connectivity index (χ3n) is 6.64. The summed E-state index contributed by atoms with van der Waals surface area (Å²) in [6.45, 7) is 1.42. The van der Waals surface area contributed by atoms with Gasteiger partial charge in [-0.1, -0.05) is 36.4 Å². The first-order chi connectivity index (χ1) is 15.5. The normalized spacial score (nSPS) is 20.9. The van der Waals surface area contributed by atoms with E-state index in [0.717, 1.165) is 27.9 Å². The van der Waals surface area contributed by atoms with Crippen LogP contribution in [0.5, 0.6) is 0 Å². The van der Waals surface area contributed by atoms with Crippen LogP contribution in [0.3, 0.4) is 0 Å². The molecule has 0 aliphatic carbocycles. The van der Waals surface area contributed by atoms with E-state index in [2.05, 4.69) is 18.2 Å². The first-order valence-electron chi connectivity index (χ1n) is 10.8. The Morgan fingerprint density at radius 2 is 1.66 bits per heavy atom. The molecule has 2 aromatic heterocycles. The number of sulfonamides is 1. The number of hydrogen-bond acceptors (Lipinski definition) is 4. The average Bonchev–Trinajstić information content (AvgIpc) is 3.24. The van der Waals surface area contributed by atoms with Crippen molar-refractivity contribution in [2.24, 2.45) is 5.92 Å². The van der Waals surface area contributed by atoms with Crippen molar-refractivity contribution in [1.82, 2.24) is 8.87 Å². The van der Waals surface area contributed by atoms with Crippen LogP contribution in [0.4, 0.5) is 0 Å². The minimum absolute atomic E-state index is 0.0307. The standard InChI is InChI=1S/C25H22N2O3S2/c28-25-21(24-13-18-6-4-5-9-23(18)31-24)10-11-22-19-12-17(15-27(22)25)14-26(16-19)32(29,30)20-7-2-1-3-8-20/h1-11,13,17,19H,12,14-16H2/t17-,19-/m1/s1. The minimum atomic E-state index is -3.54. The summed E-state index contributed by atoms with van der Waals surface area (Å²) >= 11 is 1.64. The smallest absolute Gasteiger partial charge is 0.259 e. The second-order valence-electron chi connectivity index (χ2n) is 8.67. The highest BCUT2D eigenvalue weighted by molar-refractivity contribution is 7.89. The Balaban J connectivity index is 1.37. The van der Waals surface area contributed by atoms with Crippen LogP contribution in [-0.2, 0) is 16.6 Å². The van der Waals surface area contributed by atoms with Crippen LogP contribution in [-0.4, -0.2) is 30.4 Å². The van der Waals surface area contributed by atoms with Crippen molar-refractivity contribution in [3.05, 3.63) is 88.8 Å². The van der Waals surface area contributed by atoms with E-state index >= 15 is 0 Å². The molecule has 0 unspecified atom stereocenters. The highest BCUT2D eigenvalue weighted by Gasteiger charge is 2.39. The lowest BCUT2D eigenvalue weighted by Crippen LogP contribution is -2.49. The van der Waals surface area contributed by atoms with Crippen molar-refractivity contribution >= 4 is 31.4 Å². The number of pyridine rings is 1. The number of thiophene rings is 1. The minimum Gasteiger partial charge on any atom is -0.311 e. The van der Waals surface area contributed by atoms with E-state index in [4.69, 9.17) is 0 Å². The monoisotopic (exact) mass is 462 g/mol. The molecule has 0 N–H and O–H groups in total. The maximum atomic E-state index is 13.5. The van der Waals surface area contributed by atoms with E-state index in [1.165, 1.54) is 4.70 Å². The van der Waals surface area contributed by atoms with Crippen LogP contribution < -0.4 is 5.56 Å². The summed E-state index contributed by atoms with van der Waals surface area (Å²) in [6, 6.07) is 22.8. The van der Waals surface area contributed by atoms with E-state index in [9.17, 15) is 13.2 Å². The topological polar surface area (TPSA) is 59.4 Å². The number of nitrogens with zero attached hydrogens (tertiary/aromatic N) is 2. The Morgan fingerprint density at radius 1 is 0.875 bits per heavy atom. The molecule has 1 fully saturated rings. The van der Waals surface area contributed by atoms with Gasteiger partial charge in [0.05, 0.1) is 10.5 Å². The van der Waals surface area contributed by atoms with Crippen LogP contribution in [0, 0.1) is 5.92 Å². The van der Waals surface area contributed by atoms with Gasteiger partial charge < -0.3 is 4.57 Å². The van der Waals surface area contributed by atoms with E-state index in [-0.39, 0.29) is 17.4 Å². The van der Waals surface area contributed by atoms with Gasteiger partial charge in [-0.25, -0.2) is 8.42 Å². The molecule has 4 heterocycles. The maximum Gasteiger partial charge on any atom is 0.259 e. The van der Waals surface area contributed by atoms with Crippen LogP contribution in [0.15, 0.2) is 82.5 Å². The van der Waals surface area contributed by atoms with Crippen LogP contribution >= 0.6 is 11.3 Å². The van der Waals surface area contributed by atoms with Crippen molar-refractivity contribution in [1.29, 1.82) is 0 Å². The number of hydrogen-bond donors (Lipinski definition) is 0. The number of fused-ring (bicyclic) bond motifs is 5. The Labute approximate surface area is 190 Å². The van der Waals surface area contributed by atoms with Crippen LogP contribution in [0.1, 0.15) is 18.0 Å². The van der Waals surface area contributed by atoms with Crippen molar-refractivity contribution in [3.63, 3.8) is 0 Å². The van der Waals surface area contributed by atoms with Crippen molar-refractivity contribution in [2.75, 3.05) is 13.1 Å². The zero-order valence-electron chi connectivity index (χ0n) is 17.3. The number of benzene rings is 2. The molecular formula is C25H22N2O3S2. The van der Waals surface area contributed by atoms with Gasteiger partial charge in [-0.2, -0.15) is 4.31 Å². The lowest BCUT2D eigenvalue weighted by atomic mass is 9.84. The molecule has 2 bridgehead atoms. The summed E-state index contributed by atoms with van der Waals surface area (Å²) in [7, 11) is -3.54. The number of piperidine rings is 1. The molecule has 0 saturated carbocycles. The molecule has 2 aliphatic rings. The fourth-order valence-electron chi connectivity index (χ4n) is 5.14. The maximum absolute atomic E-state index is 13.5. The fourth-order valence-corrected chi connectivity index (χ4v) is 7.80. The molecule has 0 spiro atoms. The molecule has 5 nitrogen and oxygen atoms in total. The zero-order chi connectivity index (χ0) is 21.9. The van der Waals surface area contributed by atoms with E-state index in [1.807, 2.05) is 34.9 Å². The Kier molecular flexibility index (Phi) is 4.61. The number of rotatable bonds is 3. The van der Waals surface area contributed by atoms with Crippen LogP contribution in [0.25, 0.3) is 20.5 Å². The third-order valence-corrected chi connectivity index (χ3v) is 9.64. The summed E-state index contributed by atoms with van der Waals surface area (Å²) in [6.07, 6.45) is 0.919. The lowest BCUT2D eigenvalue weighted by molar-refractivity contribution is 0.186. The molecule has 0 radical (unpaired) electrons. The van der Waals surface area contributed by atoms with E-state index < -0.39 is 10.0 Å². The molecule has 2 aromatic carbocycles.